The highest BCUT2D eigenvalue weighted by Gasteiger charge is 2.29. The summed E-state index contributed by atoms with van der Waals surface area (Å²) in [6, 6.07) is 20.3. The van der Waals surface area contributed by atoms with Gasteiger partial charge in [0, 0.05) is 59.3 Å². The largest absolute Gasteiger partial charge is 0.480 e. The molecule has 0 bridgehead atoms. The lowest BCUT2D eigenvalue weighted by atomic mass is 10.0. The highest BCUT2D eigenvalue weighted by molar-refractivity contribution is 7.93. The minimum Gasteiger partial charge on any atom is -0.480 e. The van der Waals surface area contributed by atoms with Crippen LogP contribution in [0, 0.1) is 0 Å². The molecule has 0 aromatic heterocycles. The van der Waals surface area contributed by atoms with Gasteiger partial charge in [-0.05, 0) is 53.4 Å². The minimum atomic E-state index is -4.43. The number of carbonyl (C=O) groups excluding carboxylic acids is 2. The van der Waals surface area contributed by atoms with Crippen molar-refractivity contribution >= 4 is 67.5 Å². The summed E-state index contributed by atoms with van der Waals surface area (Å²) < 4.78 is 28.1. The second-order valence-electron chi connectivity index (χ2n) is 10.1. The van der Waals surface area contributed by atoms with Crippen LogP contribution in [0.3, 0.4) is 0 Å². The molecule has 4 aromatic carbocycles. The van der Waals surface area contributed by atoms with E-state index in [0.717, 1.165) is 23.0 Å². The third-order valence-electron chi connectivity index (χ3n) is 7.17. The summed E-state index contributed by atoms with van der Waals surface area (Å²) in [4.78, 5) is 39.4. The quantitative estimate of drug-likeness (QED) is 0.243. The van der Waals surface area contributed by atoms with Gasteiger partial charge in [0.2, 0.25) is 0 Å². The molecule has 44 heavy (non-hydrogen) atoms. The Morgan fingerprint density at radius 1 is 0.886 bits per heavy atom. The van der Waals surface area contributed by atoms with Crippen LogP contribution in [0.5, 0.6) is 0 Å². The van der Waals surface area contributed by atoms with E-state index < -0.39 is 28.4 Å². The molecule has 1 aliphatic heterocycles. The molecule has 1 saturated heterocycles. The van der Waals surface area contributed by atoms with Crippen LogP contribution in [0.1, 0.15) is 26.3 Å². The summed E-state index contributed by atoms with van der Waals surface area (Å²) in [6.07, 6.45) is 0. The van der Waals surface area contributed by atoms with E-state index in [0.29, 0.717) is 29.4 Å². The molecule has 228 valence electrons. The van der Waals surface area contributed by atoms with Gasteiger partial charge in [0.15, 0.2) is 0 Å². The van der Waals surface area contributed by atoms with E-state index >= 15 is 0 Å². The standard InChI is InChI=1S/C31H28Cl2N4O6S/c32-22-15-23(33)17-24(16-22)44(42,43)37(19-29(38)39)28-6-2-3-25-26(28)4-1-5-27(25)30(40)35-18-20-7-9-21(10-8-20)31(41)36-13-11-34-12-14-36/h1-10,15-17,34H,11-14,18-19H2,(H,35,40)(H,38,39). The summed E-state index contributed by atoms with van der Waals surface area (Å²) in [6.45, 7) is 2.13. The topological polar surface area (TPSA) is 136 Å². The fourth-order valence-electron chi connectivity index (χ4n) is 5.03. The number of carboxylic acids is 1. The molecule has 4 aromatic rings. The number of carbonyl (C=O) groups is 3. The first-order valence-corrected chi connectivity index (χ1v) is 15.8. The van der Waals surface area contributed by atoms with Crippen molar-refractivity contribution in [1.82, 2.24) is 15.5 Å². The van der Waals surface area contributed by atoms with Gasteiger partial charge in [-0.15, -0.1) is 0 Å². The summed E-state index contributed by atoms with van der Waals surface area (Å²) in [5.74, 6) is -1.83. The van der Waals surface area contributed by atoms with E-state index in [1.165, 1.54) is 24.3 Å². The number of hydrogen-bond acceptors (Lipinski definition) is 6. The smallest absolute Gasteiger partial charge is 0.324 e. The van der Waals surface area contributed by atoms with Crippen molar-refractivity contribution in [3.05, 3.63) is 106 Å². The highest BCUT2D eigenvalue weighted by atomic mass is 35.5. The van der Waals surface area contributed by atoms with Crippen molar-refractivity contribution in [1.29, 1.82) is 0 Å². The predicted molar refractivity (Wildman–Crippen MR) is 169 cm³/mol. The average molecular weight is 656 g/mol. The molecule has 0 atom stereocenters. The van der Waals surface area contributed by atoms with Crippen molar-refractivity contribution in [2.75, 3.05) is 37.0 Å². The molecule has 5 rings (SSSR count). The number of benzene rings is 4. The van der Waals surface area contributed by atoms with E-state index in [1.807, 2.05) is 0 Å². The normalized spacial score (nSPS) is 13.5. The Balaban J connectivity index is 1.40. The number of fused-ring (bicyclic) bond motifs is 1. The molecule has 0 radical (unpaired) electrons. The molecule has 0 spiro atoms. The minimum absolute atomic E-state index is 0.0361. The number of amides is 2. The number of hydrogen-bond donors (Lipinski definition) is 3. The van der Waals surface area contributed by atoms with Gasteiger partial charge in [0.05, 0.1) is 10.6 Å². The molecule has 1 aliphatic rings. The maximum Gasteiger partial charge on any atom is 0.324 e. The number of anilines is 1. The Morgan fingerprint density at radius 2 is 1.52 bits per heavy atom. The molecule has 1 fully saturated rings. The zero-order valence-corrected chi connectivity index (χ0v) is 25.6. The second kappa shape index (κ2) is 13.2. The van der Waals surface area contributed by atoms with E-state index in [-0.39, 0.29) is 38.6 Å². The van der Waals surface area contributed by atoms with Crippen molar-refractivity contribution in [3.63, 3.8) is 0 Å². The predicted octanol–water partition coefficient (Wildman–Crippen LogP) is 4.40. The summed E-state index contributed by atoms with van der Waals surface area (Å²) in [5.41, 5.74) is 1.70. The molecule has 0 saturated carbocycles. The van der Waals surface area contributed by atoms with Gasteiger partial charge < -0.3 is 20.6 Å². The van der Waals surface area contributed by atoms with Gasteiger partial charge in [0.25, 0.3) is 21.8 Å². The van der Waals surface area contributed by atoms with Crippen LogP contribution in [0.4, 0.5) is 5.69 Å². The monoisotopic (exact) mass is 654 g/mol. The number of nitrogens with zero attached hydrogens (tertiary/aromatic N) is 2. The average Bonchev–Trinajstić information content (AvgIpc) is 3.01. The fraction of sp³-hybridized carbons (Fsp3) is 0.194. The molecule has 2 amide bonds. The molecular formula is C31H28Cl2N4O6S. The Hall–Kier alpha value is -4.16. The molecule has 0 aliphatic carbocycles. The molecule has 0 unspecified atom stereocenters. The van der Waals surface area contributed by atoms with Crippen molar-refractivity contribution < 1.29 is 27.9 Å². The second-order valence-corrected chi connectivity index (χ2v) is 12.8. The van der Waals surface area contributed by atoms with Gasteiger partial charge >= 0.3 is 5.97 Å². The SMILES string of the molecule is O=C(O)CN(c1cccc2c(C(=O)NCc3ccc(C(=O)N4CCNCC4)cc3)cccc12)S(=O)(=O)c1cc(Cl)cc(Cl)c1. The van der Waals surface area contributed by atoms with Crippen LogP contribution in [0.15, 0.2) is 83.8 Å². The molecule has 13 heteroatoms. The lowest BCUT2D eigenvalue weighted by Gasteiger charge is -2.27. The van der Waals surface area contributed by atoms with Gasteiger partial charge in [-0.3, -0.25) is 18.7 Å². The number of carboxylic acid groups (broad SMARTS) is 1. The van der Waals surface area contributed by atoms with Gasteiger partial charge in [0.1, 0.15) is 6.54 Å². The Kier molecular flexibility index (Phi) is 9.40. The van der Waals surface area contributed by atoms with Crippen LogP contribution < -0.4 is 14.9 Å². The number of aliphatic carboxylic acids is 1. The van der Waals surface area contributed by atoms with Gasteiger partial charge in [-0.1, -0.05) is 59.6 Å². The zero-order valence-electron chi connectivity index (χ0n) is 23.3. The Bertz CT molecular complexity index is 1820. The van der Waals surface area contributed by atoms with Crippen LogP contribution in [-0.2, 0) is 21.4 Å². The number of nitrogens with one attached hydrogen (secondary N) is 2. The van der Waals surface area contributed by atoms with Crippen molar-refractivity contribution in [3.8, 4) is 0 Å². The highest BCUT2D eigenvalue weighted by Crippen LogP contribution is 2.34. The fourth-order valence-corrected chi connectivity index (χ4v) is 7.19. The summed E-state index contributed by atoms with van der Waals surface area (Å²) in [7, 11) is -4.43. The molecule has 3 N–H and O–H groups in total. The zero-order chi connectivity index (χ0) is 31.4. The molecular weight excluding hydrogens is 627 g/mol. The summed E-state index contributed by atoms with van der Waals surface area (Å²) >= 11 is 12.1. The van der Waals surface area contributed by atoms with Crippen LogP contribution >= 0.6 is 23.2 Å². The maximum absolute atomic E-state index is 13.7. The van der Waals surface area contributed by atoms with Crippen molar-refractivity contribution in [2.45, 2.75) is 11.4 Å². The lowest BCUT2D eigenvalue weighted by Crippen LogP contribution is -2.46. The number of sulfonamides is 1. The van der Waals surface area contributed by atoms with Gasteiger partial charge in [-0.25, -0.2) is 8.42 Å². The number of rotatable bonds is 9. The van der Waals surface area contributed by atoms with E-state index in [4.69, 9.17) is 23.2 Å². The number of piperazine rings is 1. The van der Waals surface area contributed by atoms with Gasteiger partial charge in [-0.2, -0.15) is 0 Å². The first-order chi connectivity index (χ1) is 21.0. The van der Waals surface area contributed by atoms with E-state index in [1.54, 1.807) is 59.5 Å². The van der Waals surface area contributed by atoms with E-state index in [9.17, 15) is 27.9 Å². The Morgan fingerprint density at radius 3 is 2.18 bits per heavy atom. The molecule has 10 nitrogen and oxygen atoms in total. The number of halogens is 2. The van der Waals surface area contributed by atoms with Crippen LogP contribution in [0.25, 0.3) is 10.8 Å². The third-order valence-corrected chi connectivity index (χ3v) is 9.35. The van der Waals surface area contributed by atoms with Crippen LogP contribution in [0.2, 0.25) is 10.0 Å². The third kappa shape index (κ3) is 6.81. The maximum atomic E-state index is 13.7. The first kappa shape index (κ1) is 31.3. The summed E-state index contributed by atoms with van der Waals surface area (Å²) in [5, 5.41) is 16.6. The van der Waals surface area contributed by atoms with Crippen LogP contribution in [-0.4, -0.2) is 68.9 Å². The van der Waals surface area contributed by atoms with Crippen molar-refractivity contribution in [2.24, 2.45) is 0 Å². The first-order valence-electron chi connectivity index (χ1n) is 13.6. The van der Waals surface area contributed by atoms with E-state index in [2.05, 4.69) is 10.6 Å². The Labute approximate surface area is 264 Å². The molecule has 1 heterocycles. The lowest BCUT2D eigenvalue weighted by molar-refractivity contribution is -0.135.